The molecule has 0 aliphatic carbocycles. The average Bonchev–Trinajstić information content (AvgIpc) is 2.21. The molecule has 0 saturated carbocycles. The number of aliphatic hydroxyl groups is 4. The maximum Gasteiger partial charge on any atom is 0.107 e. The second-order valence-electron chi connectivity index (χ2n) is 4.39. The highest BCUT2D eigenvalue weighted by molar-refractivity contribution is 4.92. The molecule has 0 aromatic carbocycles. The van der Waals surface area contributed by atoms with Gasteiger partial charge in [0.1, 0.15) is 6.10 Å². The minimum Gasteiger partial charge on any atom is -0.396 e. The molecular formula is C10H20O5. The van der Waals surface area contributed by atoms with E-state index in [1.54, 1.807) is 0 Å². The van der Waals surface area contributed by atoms with Gasteiger partial charge in [-0.1, -0.05) is 13.8 Å². The number of hydrogen-bond acceptors (Lipinski definition) is 5. The van der Waals surface area contributed by atoms with Gasteiger partial charge in [-0.25, -0.2) is 0 Å². The summed E-state index contributed by atoms with van der Waals surface area (Å²) in [4.78, 5) is 0. The van der Waals surface area contributed by atoms with Gasteiger partial charge in [-0.2, -0.15) is 0 Å². The van der Waals surface area contributed by atoms with E-state index < -0.39 is 30.3 Å². The van der Waals surface area contributed by atoms with Crippen LogP contribution < -0.4 is 0 Å². The van der Waals surface area contributed by atoms with E-state index in [4.69, 9.17) is 14.9 Å². The number of hydrogen-bond donors (Lipinski definition) is 4. The molecular weight excluding hydrogens is 200 g/mol. The van der Waals surface area contributed by atoms with Crippen molar-refractivity contribution in [2.45, 2.75) is 38.3 Å². The molecule has 0 radical (unpaired) electrons. The SMILES string of the molecule is CC(C)C1OC(CO)C(CO)C(O)C1O. The quantitative estimate of drug-likeness (QED) is 0.476. The predicted octanol–water partition coefficient (Wildman–Crippen LogP) is -1.27. The van der Waals surface area contributed by atoms with Gasteiger partial charge in [0.15, 0.2) is 0 Å². The van der Waals surface area contributed by atoms with Crippen molar-refractivity contribution >= 4 is 0 Å². The first kappa shape index (κ1) is 12.9. The molecule has 1 saturated heterocycles. The van der Waals surface area contributed by atoms with Crippen molar-refractivity contribution in [3.8, 4) is 0 Å². The van der Waals surface area contributed by atoms with E-state index in [9.17, 15) is 10.2 Å². The van der Waals surface area contributed by atoms with E-state index in [-0.39, 0.29) is 19.1 Å². The largest absolute Gasteiger partial charge is 0.396 e. The average molecular weight is 220 g/mol. The van der Waals surface area contributed by atoms with Crippen LogP contribution in [0.15, 0.2) is 0 Å². The van der Waals surface area contributed by atoms with Gasteiger partial charge in [-0.3, -0.25) is 0 Å². The third-order valence-corrected chi connectivity index (χ3v) is 2.98. The molecule has 5 heteroatoms. The number of rotatable bonds is 3. The second-order valence-corrected chi connectivity index (χ2v) is 4.39. The first-order chi connectivity index (χ1) is 7.02. The maximum absolute atomic E-state index is 9.76. The van der Waals surface area contributed by atoms with Crippen LogP contribution in [-0.2, 0) is 4.74 Å². The maximum atomic E-state index is 9.76. The van der Waals surface area contributed by atoms with Gasteiger partial charge in [0, 0.05) is 5.92 Å². The van der Waals surface area contributed by atoms with Crippen molar-refractivity contribution < 1.29 is 25.2 Å². The van der Waals surface area contributed by atoms with Crippen LogP contribution in [0.1, 0.15) is 13.8 Å². The molecule has 1 fully saturated rings. The van der Waals surface area contributed by atoms with E-state index in [1.165, 1.54) is 0 Å². The lowest BCUT2D eigenvalue weighted by molar-refractivity contribution is -0.225. The van der Waals surface area contributed by atoms with Gasteiger partial charge in [0.25, 0.3) is 0 Å². The Morgan fingerprint density at radius 2 is 1.67 bits per heavy atom. The summed E-state index contributed by atoms with van der Waals surface area (Å²) in [5.41, 5.74) is 0. The summed E-state index contributed by atoms with van der Waals surface area (Å²) in [5.74, 6) is -0.580. The Kier molecular flexibility index (Phi) is 4.48. The van der Waals surface area contributed by atoms with Crippen LogP contribution in [0.25, 0.3) is 0 Å². The van der Waals surface area contributed by atoms with E-state index in [0.29, 0.717) is 0 Å². The molecule has 5 unspecified atom stereocenters. The Morgan fingerprint density at radius 1 is 1.07 bits per heavy atom. The van der Waals surface area contributed by atoms with Gasteiger partial charge >= 0.3 is 0 Å². The summed E-state index contributed by atoms with van der Waals surface area (Å²) in [6.45, 7) is 3.16. The fraction of sp³-hybridized carbons (Fsp3) is 1.00. The van der Waals surface area contributed by atoms with Crippen LogP contribution in [0.5, 0.6) is 0 Å². The van der Waals surface area contributed by atoms with Crippen molar-refractivity contribution in [1.29, 1.82) is 0 Å². The Bertz CT molecular complexity index is 194. The van der Waals surface area contributed by atoms with E-state index in [1.807, 2.05) is 13.8 Å². The Hall–Kier alpha value is -0.200. The standard InChI is InChI=1S/C10H20O5/c1-5(2)10-9(14)8(13)6(3-11)7(4-12)15-10/h5-14H,3-4H2,1-2H3. The van der Waals surface area contributed by atoms with Crippen LogP contribution in [-0.4, -0.2) is 58.1 Å². The smallest absolute Gasteiger partial charge is 0.107 e. The molecule has 15 heavy (non-hydrogen) atoms. The first-order valence-corrected chi connectivity index (χ1v) is 5.26. The molecule has 5 nitrogen and oxygen atoms in total. The van der Waals surface area contributed by atoms with Gasteiger partial charge in [-0.05, 0) is 5.92 Å². The number of ether oxygens (including phenoxy) is 1. The lowest BCUT2D eigenvalue weighted by Gasteiger charge is -2.43. The molecule has 0 aromatic heterocycles. The van der Waals surface area contributed by atoms with Gasteiger partial charge in [0.2, 0.25) is 0 Å². The molecule has 1 aliphatic rings. The van der Waals surface area contributed by atoms with Crippen LogP contribution in [0.3, 0.4) is 0 Å². The lowest BCUT2D eigenvalue weighted by atomic mass is 9.84. The van der Waals surface area contributed by atoms with Gasteiger partial charge in [-0.15, -0.1) is 0 Å². The highest BCUT2D eigenvalue weighted by atomic mass is 16.5. The third kappa shape index (κ3) is 2.49. The minimum absolute atomic E-state index is 0.0448. The normalized spacial score (nSPS) is 42.2. The third-order valence-electron chi connectivity index (χ3n) is 2.98. The minimum atomic E-state index is -1.05. The Morgan fingerprint density at radius 3 is 2.07 bits per heavy atom. The molecule has 0 aromatic rings. The van der Waals surface area contributed by atoms with Crippen LogP contribution in [0, 0.1) is 11.8 Å². The fourth-order valence-electron chi connectivity index (χ4n) is 2.01. The summed E-state index contributed by atoms with van der Waals surface area (Å²) >= 11 is 0. The van der Waals surface area contributed by atoms with Crippen molar-refractivity contribution in [3.63, 3.8) is 0 Å². The highest BCUT2D eigenvalue weighted by Gasteiger charge is 2.44. The first-order valence-electron chi connectivity index (χ1n) is 5.26. The monoisotopic (exact) mass is 220 g/mol. The van der Waals surface area contributed by atoms with E-state index >= 15 is 0 Å². The summed E-state index contributed by atoms with van der Waals surface area (Å²) in [7, 11) is 0. The van der Waals surface area contributed by atoms with Crippen LogP contribution in [0.4, 0.5) is 0 Å². The zero-order chi connectivity index (χ0) is 11.6. The summed E-state index contributed by atoms with van der Waals surface area (Å²) in [6.07, 6.45) is -3.17. The highest BCUT2D eigenvalue weighted by Crippen LogP contribution is 2.29. The molecule has 1 aliphatic heterocycles. The molecule has 0 bridgehead atoms. The Labute approximate surface area is 89.3 Å². The predicted molar refractivity (Wildman–Crippen MR) is 53.2 cm³/mol. The van der Waals surface area contributed by atoms with Gasteiger partial charge < -0.3 is 25.2 Å². The molecule has 0 amide bonds. The molecule has 5 atom stereocenters. The molecule has 90 valence electrons. The zero-order valence-electron chi connectivity index (χ0n) is 9.08. The molecule has 1 heterocycles. The molecule has 1 rings (SSSR count). The van der Waals surface area contributed by atoms with Crippen LogP contribution >= 0.6 is 0 Å². The lowest BCUT2D eigenvalue weighted by Crippen LogP contribution is -2.57. The van der Waals surface area contributed by atoms with Gasteiger partial charge in [0.05, 0.1) is 31.5 Å². The molecule has 0 spiro atoms. The Balaban J connectivity index is 2.77. The van der Waals surface area contributed by atoms with E-state index in [2.05, 4.69) is 0 Å². The molecule has 4 N–H and O–H groups in total. The zero-order valence-corrected chi connectivity index (χ0v) is 9.08. The summed E-state index contributed by atoms with van der Waals surface area (Å²) < 4.78 is 5.46. The topological polar surface area (TPSA) is 90.2 Å². The van der Waals surface area contributed by atoms with Crippen molar-refractivity contribution in [2.24, 2.45) is 11.8 Å². The van der Waals surface area contributed by atoms with Crippen molar-refractivity contribution in [2.75, 3.05) is 13.2 Å². The van der Waals surface area contributed by atoms with E-state index in [0.717, 1.165) is 0 Å². The van der Waals surface area contributed by atoms with Crippen LogP contribution in [0.2, 0.25) is 0 Å². The summed E-state index contributed by atoms with van der Waals surface area (Å²) in [6, 6.07) is 0. The number of aliphatic hydroxyl groups excluding tert-OH is 4. The van der Waals surface area contributed by atoms with Crippen molar-refractivity contribution in [3.05, 3.63) is 0 Å². The fourth-order valence-corrected chi connectivity index (χ4v) is 2.01. The summed E-state index contributed by atoms with van der Waals surface area (Å²) in [5, 5.41) is 37.6. The van der Waals surface area contributed by atoms with Crippen molar-refractivity contribution in [1.82, 2.24) is 0 Å². The second kappa shape index (κ2) is 5.23.